The molecule has 1 aromatic rings. The molecule has 104 valence electrons. The molecule has 1 aliphatic heterocycles. The summed E-state index contributed by atoms with van der Waals surface area (Å²) in [5, 5.41) is 3.69. The van der Waals surface area contributed by atoms with Crippen molar-refractivity contribution in [3.8, 4) is 5.75 Å². The lowest BCUT2D eigenvalue weighted by Crippen LogP contribution is -2.33. The number of methoxy groups -OCH3 is 1. The van der Waals surface area contributed by atoms with Crippen molar-refractivity contribution in [2.45, 2.75) is 50.9 Å². The number of hydrogen-bond donors (Lipinski definition) is 1. The van der Waals surface area contributed by atoms with Crippen LogP contribution in [0.2, 0.25) is 0 Å². The molecule has 0 aromatic heterocycles. The zero-order valence-electron chi connectivity index (χ0n) is 11.9. The summed E-state index contributed by atoms with van der Waals surface area (Å²) < 4.78 is 5.40. The van der Waals surface area contributed by atoms with Gasteiger partial charge in [-0.15, -0.1) is 0 Å². The van der Waals surface area contributed by atoms with Crippen LogP contribution in [0.25, 0.3) is 0 Å². The Balaban J connectivity index is 1.55. The summed E-state index contributed by atoms with van der Waals surface area (Å²) in [6, 6.07) is 10.5. The standard InChI is InChI=1S/C16H24N2O/c1-12-9-14(11-18(12)15-7-8-15)17-10-13-5-3-4-6-16(13)19-2/h3-6,12,14-15,17H,7-11H2,1-2H3/t12-,14-/m0/s1. The third-order valence-electron chi connectivity index (χ3n) is 4.41. The maximum Gasteiger partial charge on any atom is 0.123 e. The van der Waals surface area contributed by atoms with E-state index in [-0.39, 0.29) is 0 Å². The normalized spacial score (nSPS) is 27.7. The fourth-order valence-electron chi connectivity index (χ4n) is 3.22. The van der Waals surface area contributed by atoms with E-state index in [1.54, 1.807) is 7.11 Å². The maximum absolute atomic E-state index is 5.40. The largest absolute Gasteiger partial charge is 0.496 e. The third kappa shape index (κ3) is 2.93. The maximum atomic E-state index is 5.40. The minimum absolute atomic E-state index is 0.625. The van der Waals surface area contributed by atoms with Crippen molar-refractivity contribution in [2.75, 3.05) is 13.7 Å². The van der Waals surface area contributed by atoms with Gasteiger partial charge in [0, 0.05) is 36.8 Å². The molecule has 0 bridgehead atoms. The van der Waals surface area contributed by atoms with Crippen LogP contribution in [0.4, 0.5) is 0 Å². The van der Waals surface area contributed by atoms with E-state index < -0.39 is 0 Å². The first-order valence-electron chi connectivity index (χ1n) is 7.39. The van der Waals surface area contributed by atoms with Gasteiger partial charge in [-0.05, 0) is 32.3 Å². The Labute approximate surface area is 115 Å². The van der Waals surface area contributed by atoms with Gasteiger partial charge in [0.05, 0.1) is 7.11 Å². The van der Waals surface area contributed by atoms with E-state index in [1.165, 1.54) is 31.4 Å². The SMILES string of the molecule is COc1ccccc1CN[C@H]1C[C@H](C)N(C2CC2)C1. The van der Waals surface area contributed by atoms with Crippen molar-refractivity contribution in [1.29, 1.82) is 0 Å². The van der Waals surface area contributed by atoms with Gasteiger partial charge in [-0.3, -0.25) is 4.90 Å². The number of benzene rings is 1. The Hall–Kier alpha value is -1.06. The van der Waals surface area contributed by atoms with Crippen molar-refractivity contribution in [1.82, 2.24) is 10.2 Å². The summed E-state index contributed by atoms with van der Waals surface area (Å²) >= 11 is 0. The van der Waals surface area contributed by atoms with Crippen molar-refractivity contribution < 1.29 is 4.74 Å². The molecule has 2 aliphatic rings. The van der Waals surface area contributed by atoms with Crippen molar-refractivity contribution >= 4 is 0 Å². The highest BCUT2D eigenvalue weighted by molar-refractivity contribution is 5.33. The zero-order chi connectivity index (χ0) is 13.2. The van der Waals surface area contributed by atoms with Crippen LogP contribution in [0.5, 0.6) is 5.75 Å². The number of hydrogen-bond acceptors (Lipinski definition) is 3. The molecule has 0 unspecified atom stereocenters. The first-order chi connectivity index (χ1) is 9.28. The molecule has 19 heavy (non-hydrogen) atoms. The fourth-order valence-corrected chi connectivity index (χ4v) is 3.22. The van der Waals surface area contributed by atoms with Gasteiger partial charge in [0.25, 0.3) is 0 Å². The number of ether oxygens (including phenoxy) is 1. The Morgan fingerprint density at radius 3 is 2.84 bits per heavy atom. The number of nitrogens with zero attached hydrogens (tertiary/aromatic N) is 1. The molecule has 1 aromatic carbocycles. The Morgan fingerprint density at radius 2 is 2.11 bits per heavy atom. The van der Waals surface area contributed by atoms with Gasteiger partial charge < -0.3 is 10.1 Å². The Bertz CT molecular complexity index is 431. The second-order valence-electron chi connectivity index (χ2n) is 5.90. The highest BCUT2D eigenvalue weighted by Gasteiger charge is 2.38. The van der Waals surface area contributed by atoms with Crippen LogP contribution < -0.4 is 10.1 Å². The lowest BCUT2D eigenvalue weighted by Gasteiger charge is -2.20. The topological polar surface area (TPSA) is 24.5 Å². The molecule has 1 saturated heterocycles. The van der Waals surface area contributed by atoms with Gasteiger partial charge in [-0.2, -0.15) is 0 Å². The molecule has 1 heterocycles. The van der Waals surface area contributed by atoms with Gasteiger partial charge in [-0.25, -0.2) is 0 Å². The van der Waals surface area contributed by atoms with E-state index in [9.17, 15) is 0 Å². The van der Waals surface area contributed by atoms with E-state index in [4.69, 9.17) is 4.74 Å². The minimum Gasteiger partial charge on any atom is -0.496 e. The van der Waals surface area contributed by atoms with Crippen LogP contribution in [0.15, 0.2) is 24.3 Å². The molecule has 1 N–H and O–H groups in total. The molecule has 3 nitrogen and oxygen atoms in total. The summed E-state index contributed by atoms with van der Waals surface area (Å²) in [6.45, 7) is 4.48. The molecule has 2 fully saturated rings. The molecule has 0 radical (unpaired) electrons. The Kier molecular flexibility index (Phi) is 3.76. The third-order valence-corrected chi connectivity index (χ3v) is 4.41. The van der Waals surface area contributed by atoms with Gasteiger partial charge in [0.1, 0.15) is 5.75 Å². The van der Waals surface area contributed by atoms with Crippen LogP contribution in [0, 0.1) is 0 Å². The average Bonchev–Trinajstić information content (AvgIpc) is 3.21. The lowest BCUT2D eigenvalue weighted by atomic mass is 10.1. The molecular weight excluding hydrogens is 236 g/mol. The van der Waals surface area contributed by atoms with E-state index in [2.05, 4.69) is 29.3 Å². The summed E-state index contributed by atoms with van der Waals surface area (Å²) in [5.41, 5.74) is 1.25. The van der Waals surface area contributed by atoms with E-state index in [0.29, 0.717) is 6.04 Å². The van der Waals surface area contributed by atoms with E-state index in [0.717, 1.165) is 24.4 Å². The summed E-state index contributed by atoms with van der Waals surface area (Å²) in [6.07, 6.45) is 4.08. The summed E-state index contributed by atoms with van der Waals surface area (Å²) in [4.78, 5) is 2.68. The average molecular weight is 260 g/mol. The minimum atomic E-state index is 0.625. The van der Waals surface area contributed by atoms with Crippen LogP contribution in [0.1, 0.15) is 31.7 Å². The van der Waals surface area contributed by atoms with Crippen molar-refractivity contribution in [2.24, 2.45) is 0 Å². The van der Waals surface area contributed by atoms with Gasteiger partial charge >= 0.3 is 0 Å². The van der Waals surface area contributed by atoms with Gasteiger partial charge in [0.2, 0.25) is 0 Å². The highest BCUT2D eigenvalue weighted by atomic mass is 16.5. The molecule has 2 atom stereocenters. The predicted octanol–water partition coefficient (Wildman–Crippen LogP) is 2.41. The number of para-hydroxylation sites is 1. The smallest absolute Gasteiger partial charge is 0.123 e. The first-order valence-corrected chi connectivity index (χ1v) is 7.39. The lowest BCUT2D eigenvalue weighted by molar-refractivity contribution is 0.255. The Morgan fingerprint density at radius 1 is 1.32 bits per heavy atom. The van der Waals surface area contributed by atoms with E-state index in [1.807, 2.05) is 12.1 Å². The fraction of sp³-hybridized carbons (Fsp3) is 0.625. The number of likely N-dealkylation sites (tertiary alicyclic amines) is 1. The second-order valence-corrected chi connectivity index (χ2v) is 5.90. The molecular formula is C16H24N2O. The van der Waals surface area contributed by atoms with Crippen LogP contribution >= 0.6 is 0 Å². The summed E-state index contributed by atoms with van der Waals surface area (Å²) in [5.74, 6) is 0.986. The van der Waals surface area contributed by atoms with Crippen LogP contribution in [0.3, 0.4) is 0 Å². The second kappa shape index (κ2) is 5.51. The quantitative estimate of drug-likeness (QED) is 0.880. The highest BCUT2D eigenvalue weighted by Crippen LogP contribution is 2.33. The van der Waals surface area contributed by atoms with Crippen LogP contribution in [-0.4, -0.2) is 36.7 Å². The molecule has 1 aliphatic carbocycles. The van der Waals surface area contributed by atoms with Crippen molar-refractivity contribution in [3.63, 3.8) is 0 Å². The van der Waals surface area contributed by atoms with Crippen LogP contribution in [-0.2, 0) is 6.54 Å². The first kappa shape index (κ1) is 12.9. The monoisotopic (exact) mass is 260 g/mol. The molecule has 3 heteroatoms. The number of nitrogens with one attached hydrogen (secondary N) is 1. The molecule has 0 amide bonds. The number of rotatable bonds is 5. The van der Waals surface area contributed by atoms with Crippen molar-refractivity contribution in [3.05, 3.63) is 29.8 Å². The molecule has 3 rings (SSSR count). The van der Waals surface area contributed by atoms with Gasteiger partial charge in [0.15, 0.2) is 0 Å². The van der Waals surface area contributed by atoms with E-state index >= 15 is 0 Å². The van der Waals surface area contributed by atoms with Gasteiger partial charge in [-0.1, -0.05) is 18.2 Å². The summed E-state index contributed by atoms with van der Waals surface area (Å²) in [7, 11) is 1.74. The molecule has 1 saturated carbocycles. The zero-order valence-corrected chi connectivity index (χ0v) is 11.9. The molecule has 0 spiro atoms. The predicted molar refractivity (Wildman–Crippen MR) is 77.4 cm³/mol.